The molecule has 0 aliphatic carbocycles. The lowest BCUT2D eigenvalue weighted by Gasteiger charge is -2.39. The molecular formula is C22H28N6O4S. The largest absolute Gasteiger partial charge is 0.459 e. The Kier molecular flexibility index (Phi) is 6.61. The monoisotopic (exact) mass is 472 g/mol. The van der Waals surface area contributed by atoms with E-state index in [2.05, 4.69) is 34.3 Å². The van der Waals surface area contributed by atoms with Crippen LogP contribution in [0, 0.1) is 12.8 Å². The summed E-state index contributed by atoms with van der Waals surface area (Å²) < 4.78 is 32.6. The van der Waals surface area contributed by atoms with Crippen LogP contribution in [0.1, 0.15) is 41.8 Å². The van der Waals surface area contributed by atoms with E-state index in [-0.39, 0.29) is 28.6 Å². The van der Waals surface area contributed by atoms with Gasteiger partial charge in [0.25, 0.3) is 5.91 Å². The molecule has 1 amide bonds. The van der Waals surface area contributed by atoms with E-state index < -0.39 is 9.84 Å². The lowest BCUT2D eigenvalue weighted by molar-refractivity contribution is 0.0465. The van der Waals surface area contributed by atoms with Gasteiger partial charge in [0.1, 0.15) is 0 Å². The molecule has 0 N–H and O–H groups in total. The van der Waals surface area contributed by atoms with Crippen molar-refractivity contribution in [2.75, 3.05) is 26.2 Å². The topological polar surface area (TPSA) is 114 Å². The molecule has 2 aromatic heterocycles. The third kappa shape index (κ3) is 4.98. The number of furan rings is 1. The number of amides is 1. The summed E-state index contributed by atoms with van der Waals surface area (Å²) in [6, 6.07) is 9.92. The molecule has 1 aromatic carbocycles. The van der Waals surface area contributed by atoms with Crippen LogP contribution in [0.3, 0.4) is 0 Å². The maximum atomic E-state index is 13.0. The summed E-state index contributed by atoms with van der Waals surface area (Å²) in [5, 5.41) is 12.0. The molecule has 1 aliphatic heterocycles. The Bertz CT molecular complexity index is 1180. The average molecular weight is 473 g/mol. The minimum atomic E-state index is -3.62. The molecule has 33 heavy (non-hydrogen) atoms. The summed E-state index contributed by atoms with van der Waals surface area (Å²) in [5.41, 5.74) is 0.988. The van der Waals surface area contributed by atoms with E-state index in [0.29, 0.717) is 37.8 Å². The molecule has 4 rings (SSSR count). The molecule has 0 radical (unpaired) electrons. The van der Waals surface area contributed by atoms with Crippen molar-refractivity contribution in [3.05, 3.63) is 59.8 Å². The van der Waals surface area contributed by atoms with Gasteiger partial charge in [0.05, 0.1) is 17.2 Å². The number of hydrogen-bond acceptors (Lipinski definition) is 8. The van der Waals surface area contributed by atoms with Gasteiger partial charge in [-0.05, 0) is 47.5 Å². The summed E-state index contributed by atoms with van der Waals surface area (Å²) in [6.45, 7) is 8.32. The fourth-order valence-corrected chi connectivity index (χ4v) is 5.34. The van der Waals surface area contributed by atoms with E-state index in [0.717, 1.165) is 5.56 Å². The maximum absolute atomic E-state index is 13.0. The van der Waals surface area contributed by atoms with E-state index in [1.54, 1.807) is 41.3 Å². The molecule has 1 saturated heterocycles. The standard InChI is InChI=1S/C22H28N6O4S/c1-16(2)20(26-10-12-27(13-11-26)22(29)19-5-4-14-32-19)21-23-24-25-28(21)15-33(30,31)18-8-6-17(3)7-9-18/h4-9,14,16,20H,10-13,15H2,1-3H3. The van der Waals surface area contributed by atoms with Gasteiger partial charge in [-0.25, -0.2) is 13.1 Å². The molecule has 3 heterocycles. The van der Waals surface area contributed by atoms with Gasteiger partial charge < -0.3 is 9.32 Å². The van der Waals surface area contributed by atoms with Crippen LogP contribution in [-0.2, 0) is 15.7 Å². The zero-order valence-corrected chi connectivity index (χ0v) is 19.8. The Morgan fingerprint density at radius 2 is 1.79 bits per heavy atom. The fraction of sp³-hybridized carbons (Fsp3) is 0.455. The molecular weight excluding hydrogens is 444 g/mol. The van der Waals surface area contributed by atoms with Gasteiger partial charge in [-0.1, -0.05) is 31.5 Å². The van der Waals surface area contributed by atoms with Crippen LogP contribution >= 0.6 is 0 Å². The van der Waals surface area contributed by atoms with E-state index in [1.165, 1.54) is 10.9 Å². The van der Waals surface area contributed by atoms with Crippen molar-refractivity contribution < 1.29 is 17.6 Å². The van der Waals surface area contributed by atoms with Crippen LogP contribution in [0.5, 0.6) is 0 Å². The van der Waals surface area contributed by atoms with Crippen LogP contribution in [0.2, 0.25) is 0 Å². The first-order chi connectivity index (χ1) is 15.8. The highest BCUT2D eigenvalue weighted by Gasteiger charge is 2.34. The zero-order chi connectivity index (χ0) is 23.6. The molecule has 176 valence electrons. The zero-order valence-electron chi connectivity index (χ0n) is 19.0. The lowest BCUT2D eigenvalue weighted by atomic mass is 10.0. The molecule has 0 spiro atoms. The normalized spacial score (nSPS) is 16.3. The van der Waals surface area contributed by atoms with Crippen molar-refractivity contribution in [3.8, 4) is 0 Å². The molecule has 10 nitrogen and oxygen atoms in total. The Balaban J connectivity index is 1.50. The molecule has 1 unspecified atom stereocenters. The van der Waals surface area contributed by atoms with Gasteiger partial charge in [-0.2, -0.15) is 0 Å². The van der Waals surface area contributed by atoms with E-state index in [4.69, 9.17) is 4.42 Å². The van der Waals surface area contributed by atoms with Gasteiger partial charge >= 0.3 is 0 Å². The minimum absolute atomic E-state index is 0.129. The Hall–Kier alpha value is -3.05. The SMILES string of the molecule is Cc1ccc(S(=O)(=O)Cn2nnnc2C(C(C)C)N2CCN(C(=O)c3ccco3)CC2)cc1. The predicted octanol–water partition coefficient (Wildman–Crippen LogP) is 2.16. The first-order valence-corrected chi connectivity index (χ1v) is 12.5. The smallest absolute Gasteiger partial charge is 0.289 e. The van der Waals surface area contributed by atoms with Crippen LogP contribution < -0.4 is 0 Å². The van der Waals surface area contributed by atoms with Gasteiger partial charge in [0.2, 0.25) is 0 Å². The molecule has 3 aromatic rings. The summed E-state index contributed by atoms with van der Waals surface area (Å²) in [6.07, 6.45) is 1.49. The molecule has 1 aliphatic rings. The number of carbonyl (C=O) groups is 1. The van der Waals surface area contributed by atoms with Crippen molar-refractivity contribution in [1.82, 2.24) is 30.0 Å². The van der Waals surface area contributed by atoms with Crippen molar-refractivity contribution >= 4 is 15.7 Å². The highest BCUT2D eigenvalue weighted by Crippen LogP contribution is 2.29. The lowest BCUT2D eigenvalue weighted by Crippen LogP contribution is -2.50. The van der Waals surface area contributed by atoms with Crippen LogP contribution in [0.4, 0.5) is 0 Å². The van der Waals surface area contributed by atoms with E-state index in [9.17, 15) is 13.2 Å². The molecule has 11 heteroatoms. The number of tetrazole rings is 1. The number of nitrogens with zero attached hydrogens (tertiary/aromatic N) is 6. The second-order valence-electron chi connectivity index (χ2n) is 8.59. The second-order valence-corrected chi connectivity index (χ2v) is 10.5. The quantitative estimate of drug-likeness (QED) is 0.514. The Morgan fingerprint density at radius 3 is 2.39 bits per heavy atom. The number of aromatic nitrogens is 4. The van der Waals surface area contributed by atoms with Crippen molar-refractivity contribution in [2.24, 2.45) is 5.92 Å². The number of rotatable bonds is 7. The second kappa shape index (κ2) is 9.44. The third-order valence-electron chi connectivity index (χ3n) is 5.85. The molecule has 1 fully saturated rings. The maximum Gasteiger partial charge on any atom is 0.289 e. The predicted molar refractivity (Wildman–Crippen MR) is 120 cm³/mol. The van der Waals surface area contributed by atoms with Crippen molar-refractivity contribution in [3.63, 3.8) is 0 Å². The summed E-state index contributed by atoms with van der Waals surface area (Å²) in [5.74, 6) is 0.498. The third-order valence-corrected chi connectivity index (χ3v) is 7.43. The number of sulfone groups is 1. The minimum Gasteiger partial charge on any atom is -0.459 e. The number of benzene rings is 1. The number of carbonyl (C=O) groups excluding carboxylic acids is 1. The van der Waals surface area contributed by atoms with Crippen LogP contribution in [0.25, 0.3) is 0 Å². The summed E-state index contributed by atoms with van der Waals surface area (Å²) >= 11 is 0. The first kappa shape index (κ1) is 23.1. The van der Waals surface area contributed by atoms with Gasteiger partial charge in [-0.15, -0.1) is 5.10 Å². The van der Waals surface area contributed by atoms with Crippen LogP contribution in [-0.4, -0.2) is 70.5 Å². The fourth-order valence-electron chi connectivity index (χ4n) is 4.14. The average Bonchev–Trinajstić information content (AvgIpc) is 3.47. The number of aryl methyl sites for hydroxylation is 1. The van der Waals surface area contributed by atoms with E-state index in [1.807, 2.05) is 6.92 Å². The molecule has 1 atom stereocenters. The van der Waals surface area contributed by atoms with Crippen molar-refractivity contribution in [1.29, 1.82) is 0 Å². The Labute approximate surface area is 193 Å². The molecule has 0 bridgehead atoms. The number of hydrogen-bond donors (Lipinski definition) is 0. The summed E-state index contributed by atoms with van der Waals surface area (Å²) in [4.78, 5) is 16.8. The van der Waals surface area contributed by atoms with Crippen molar-refractivity contribution in [2.45, 2.75) is 37.6 Å². The highest BCUT2D eigenvalue weighted by molar-refractivity contribution is 7.90. The van der Waals surface area contributed by atoms with E-state index >= 15 is 0 Å². The number of piperazine rings is 1. The molecule has 0 saturated carbocycles. The van der Waals surface area contributed by atoms with Gasteiger partial charge in [0, 0.05) is 26.2 Å². The van der Waals surface area contributed by atoms with Gasteiger partial charge in [0.15, 0.2) is 27.3 Å². The highest BCUT2D eigenvalue weighted by atomic mass is 32.2. The van der Waals surface area contributed by atoms with Gasteiger partial charge in [-0.3, -0.25) is 9.69 Å². The van der Waals surface area contributed by atoms with Crippen LogP contribution in [0.15, 0.2) is 52.0 Å². The first-order valence-electron chi connectivity index (χ1n) is 10.9. The Morgan fingerprint density at radius 1 is 1.09 bits per heavy atom. The summed E-state index contributed by atoms with van der Waals surface area (Å²) in [7, 11) is -3.62.